The number of hydrogen-bond donors (Lipinski definition) is 1. The van der Waals surface area contributed by atoms with E-state index in [1.807, 2.05) is 0 Å². The van der Waals surface area contributed by atoms with Gasteiger partial charge in [0.15, 0.2) is 0 Å². The van der Waals surface area contributed by atoms with E-state index in [1.165, 1.54) is 43.4 Å². The molecule has 23 heavy (non-hydrogen) atoms. The maximum absolute atomic E-state index is 12.4. The molecule has 1 aromatic heterocycles. The van der Waals surface area contributed by atoms with Gasteiger partial charge in [0.05, 0.1) is 6.21 Å². The van der Waals surface area contributed by atoms with E-state index in [0.717, 1.165) is 29.1 Å². The summed E-state index contributed by atoms with van der Waals surface area (Å²) in [4.78, 5) is 14.8. The Bertz CT molecular complexity index is 583. The maximum atomic E-state index is 12.4. The molecule has 4 aliphatic carbocycles. The third-order valence-corrected chi connectivity index (χ3v) is 7.28. The number of hydrogen-bond acceptors (Lipinski definition) is 3. The molecule has 4 aliphatic rings. The Balaban J connectivity index is 1.33. The molecule has 4 saturated carbocycles. The molecule has 4 fully saturated rings. The van der Waals surface area contributed by atoms with Gasteiger partial charge in [-0.05, 0) is 80.2 Å². The van der Waals surface area contributed by atoms with Crippen LogP contribution in [0.2, 0.25) is 0 Å². The van der Waals surface area contributed by atoms with Gasteiger partial charge in [-0.1, -0.05) is 6.92 Å². The molecule has 1 N–H and O–H groups in total. The Morgan fingerprint density at radius 1 is 1.26 bits per heavy atom. The Morgan fingerprint density at radius 3 is 2.48 bits per heavy atom. The summed E-state index contributed by atoms with van der Waals surface area (Å²) in [6, 6.07) is 4.20. The Hall–Kier alpha value is -1.16. The summed E-state index contributed by atoms with van der Waals surface area (Å²) in [6.07, 6.45) is 11.6. The van der Waals surface area contributed by atoms with E-state index in [0.29, 0.717) is 11.8 Å². The molecule has 1 amide bonds. The zero-order chi connectivity index (χ0) is 15.9. The topological polar surface area (TPSA) is 41.5 Å². The van der Waals surface area contributed by atoms with Crippen LogP contribution in [0.3, 0.4) is 0 Å². The van der Waals surface area contributed by atoms with Crippen molar-refractivity contribution in [1.82, 2.24) is 5.43 Å². The quantitative estimate of drug-likeness (QED) is 0.632. The first-order valence-corrected chi connectivity index (χ1v) is 9.86. The molecule has 0 radical (unpaired) electrons. The smallest absolute Gasteiger partial charge is 0.240 e. The molecular formula is C19H26N2OS. The van der Waals surface area contributed by atoms with Crippen LogP contribution in [0.4, 0.5) is 0 Å². The van der Waals surface area contributed by atoms with Crippen molar-refractivity contribution in [3.8, 4) is 0 Å². The molecule has 5 rings (SSSR count). The van der Waals surface area contributed by atoms with Gasteiger partial charge in [-0.15, -0.1) is 11.3 Å². The van der Waals surface area contributed by atoms with E-state index in [2.05, 4.69) is 29.6 Å². The van der Waals surface area contributed by atoms with E-state index in [1.54, 1.807) is 17.6 Å². The van der Waals surface area contributed by atoms with E-state index in [4.69, 9.17) is 0 Å². The van der Waals surface area contributed by atoms with E-state index in [-0.39, 0.29) is 5.91 Å². The molecule has 4 heteroatoms. The molecule has 0 saturated heterocycles. The van der Waals surface area contributed by atoms with Gasteiger partial charge in [-0.2, -0.15) is 5.10 Å². The lowest BCUT2D eigenvalue weighted by Crippen LogP contribution is -2.47. The average Bonchev–Trinajstić information content (AvgIpc) is 2.93. The van der Waals surface area contributed by atoms with Crippen LogP contribution in [-0.4, -0.2) is 12.1 Å². The van der Waals surface area contributed by atoms with Crippen LogP contribution in [0.15, 0.2) is 17.2 Å². The van der Waals surface area contributed by atoms with Crippen LogP contribution in [0.1, 0.15) is 61.6 Å². The molecule has 0 atom stereocenters. The predicted molar refractivity (Wildman–Crippen MR) is 94.7 cm³/mol. The molecule has 124 valence electrons. The minimum atomic E-state index is 0.107. The number of aryl methyl sites for hydroxylation is 1. The van der Waals surface area contributed by atoms with Crippen molar-refractivity contribution in [1.29, 1.82) is 0 Å². The number of rotatable bonds is 5. The molecule has 1 heterocycles. The second kappa shape index (κ2) is 6.04. The van der Waals surface area contributed by atoms with Gasteiger partial charge in [0, 0.05) is 16.2 Å². The van der Waals surface area contributed by atoms with Gasteiger partial charge < -0.3 is 0 Å². The Labute approximate surface area is 142 Å². The standard InChI is InChI=1S/C19H26N2OS/c1-2-16-3-4-17(23-16)12-20-21-18(22)11-19-8-13-5-14(9-19)7-15(6-13)10-19/h3-4,12-15H,2,5-11H2,1H3,(H,21,22)/b20-12+. The Kier molecular flexibility index (Phi) is 4.04. The fourth-order valence-corrected chi connectivity index (χ4v) is 6.53. The molecule has 0 aliphatic heterocycles. The normalized spacial score (nSPS) is 35.1. The number of nitrogens with zero attached hydrogens (tertiary/aromatic N) is 1. The molecule has 0 aromatic carbocycles. The molecule has 4 bridgehead atoms. The first kappa shape index (κ1) is 15.4. The Morgan fingerprint density at radius 2 is 1.91 bits per heavy atom. The summed E-state index contributed by atoms with van der Waals surface area (Å²) in [5.74, 6) is 2.80. The summed E-state index contributed by atoms with van der Waals surface area (Å²) in [5.41, 5.74) is 3.07. The third kappa shape index (κ3) is 3.23. The fraction of sp³-hybridized carbons (Fsp3) is 0.684. The summed E-state index contributed by atoms with van der Waals surface area (Å²) >= 11 is 1.74. The average molecular weight is 330 g/mol. The van der Waals surface area contributed by atoms with Crippen molar-refractivity contribution in [2.45, 2.75) is 58.3 Å². The van der Waals surface area contributed by atoms with Crippen molar-refractivity contribution in [3.63, 3.8) is 0 Å². The van der Waals surface area contributed by atoms with Gasteiger partial charge in [-0.3, -0.25) is 4.79 Å². The van der Waals surface area contributed by atoms with Crippen LogP contribution in [0.25, 0.3) is 0 Å². The van der Waals surface area contributed by atoms with E-state index in [9.17, 15) is 4.79 Å². The van der Waals surface area contributed by atoms with Crippen molar-refractivity contribution >= 4 is 23.5 Å². The summed E-state index contributed by atoms with van der Waals surface area (Å²) in [6.45, 7) is 2.15. The van der Waals surface area contributed by atoms with Crippen molar-refractivity contribution in [3.05, 3.63) is 21.9 Å². The largest absolute Gasteiger partial charge is 0.273 e. The summed E-state index contributed by atoms with van der Waals surface area (Å²) in [5, 5.41) is 4.17. The number of amides is 1. The van der Waals surface area contributed by atoms with Gasteiger partial charge in [0.2, 0.25) is 5.91 Å². The summed E-state index contributed by atoms with van der Waals surface area (Å²) in [7, 11) is 0. The molecule has 3 nitrogen and oxygen atoms in total. The molecule has 1 aromatic rings. The van der Waals surface area contributed by atoms with Crippen molar-refractivity contribution < 1.29 is 4.79 Å². The lowest BCUT2D eigenvalue weighted by atomic mass is 9.49. The molecule has 0 spiro atoms. The van der Waals surface area contributed by atoms with Crippen molar-refractivity contribution in [2.75, 3.05) is 0 Å². The highest BCUT2D eigenvalue weighted by Crippen LogP contribution is 2.61. The highest BCUT2D eigenvalue weighted by atomic mass is 32.1. The lowest BCUT2D eigenvalue weighted by Gasteiger charge is -2.56. The zero-order valence-corrected chi connectivity index (χ0v) is 14.7. The van der Waals surface area contributed by atoms with Crippen LogP contribution in [-0.2, 0) is 11.2 Å². The third-order valence-electron chi connectivity index (χ3n) is 6.11. The number of hydrazone groups is 1. The molecule has 0 unspecified atom stereocenters. The van der Waals surface area contributed by atoms with E-state index >= 15 is 0 Å². The van der Waals surface area contributed by atoms with Crippen LogP contribution in [0, 0.1) is 23.2 Å². The number of carbonyl (C=O) groups is 1. The minimum Gasteiger partial charge on any atom is -0.273 e. The number of thiophene rings is 1. The van der Waals surface area contributed by atoms with Crippen LogP contribution in [0.5, 0.6) is 0 Å². The van der Waals surface area contributed by atoms with Gasteiger partial charge >= 0.3 is 0 Å². The molecular weight excluding hydrogens is 304 g/mol. The van der Waals surface area contributed by atoms with Gasteiger partial charge in [0.25, 0.3) is 0 Å². The lowest BCUT2D eigenvalue weighted by molar-refractivity contribution is -0.129. The SMILES string of the molecule is CCc1ccc(/C=N/NC(=O)CC23CC4CC(CC(C4)C2)C3)s1. The number of carbonyl (C=O) groups excluding carboxylic acids is 1. The maximum Gasteiger partial charge on any atom is 0.240 e. The van der Waals surface area contributed by atoms with Crippen LogP contribution >= 0.6 is 11.3 Å². The van der Waals surface area contributed by atoms with Crippen LogP contribution < -0.4 is 5.43 Å². The highest BCUT2D eigenvalue weighted by molar-refractivity contribution is 7.13. The predicted octanol–water partition coefficient (Wildman–Crippen LogP) is 4.37. The fourth-order valence-electron chi connectivity index (χ4n) is 5.71. The highest BCUT2D eigenvalue weighted by Gasteiger charge is 2.51. The van der Waals surface area contributed by atoms with Gasteiger partial charge in [-0.25, -0.2) is 5.43 Å². The van der Waals surface area contributed by atoms with Gasteiger partial charge in [0.1, 0.15) is 0 Å². The second-order valence-electron chi connectivity index (χ2n) is 8.05. The minimum absolute atomic E-state index is 0.107. The monoisotopic (exact) mass is 330 g/mol. The zero-order valence-electron chi connectivity index (χ0n) is 13.9. The van der Waals surface area contributed by atoms with Crippen molar-refractivity contribution in [2.24, 2.45) is 28.3 Å². The van der Waals surface area contributed by atoms with E-state index < -0.39 is 0 Å². The first-order chi connectivity index (χ1) is 11.1. The number of nitrogens with one attached hydrogen (secondary N) is 1. The first-order valence-electron chi connectivity index (χ1n) is 9.05. The summed E-state index contributed by atoms with van der Waals surface area (Å²) < 4.78 is 0. The second-order valence-corrected chi connectivity index (χ2v) is 9.25.